The van der Waals surface area contributed by atoms with Crippen LogP contribution in [-0.4, -0.2) is 71.8 Å². The molecule has 12 aliphatic rings. The highest BCUT2D eigenvalue weighted by Crippen LogP contribution is 2.94. The summed E-state index contributed by atoms with van der Waals surface area (Å²) in [6.07, 6.45) is -9.89. The molecule has 8 aliphatic heterocycles. The number of halogens is 6. The maximum atomic E-state index is 16.1. The Morgan fingerprint density at radius 1 is 0.511 bits per heavy atom. The molecule has 0 spiro atoms. The fourth-order valence-corrected chi connectivity index (χ4v) is 15.3. The molecule has 15 heteroatoms. The van der Waals surface area contributed by atoms with E-state index in [4.69, 9.17) is 23.7 Å². The third-order valence-electron chi connectivity index (χ3n) is 15.5. The van der Waals surface area contributed by atoms with Gasteiger partial charge in [-0.25, -0.2) is 0 Å². The van der Waals surface area contributed by atoms with Crippen LogP contribution in [0, 0.1) is 69.0 Å². The zero-order valence-corrected chi connectivity index (χ0v) is 22.6. The zero-order chi connectivity index (χ0) is 31.0. The van der Waals surface area contributed by atoms with Gasteiger partial charge in [-0.05, 0) is 36.5 Å². The minimum Gasteiger partial charge on any atom is -0.392 e. The second-order valence-corrected chi connectivity index (χ2v) is 15.2. The second kappa shape index (κ2) is 6.14. The molecule has 9 nitrogen and oxygen atoms in total. The molecular formula is C30H20F6O9. The van der Waals surface area contributed by atoms with Crippen molar-refractivity contribution in [2.24, 2.45) is 69.0 Å². The van der Waals surface area contributed by atoms with E-state index < -0.39 is 141 Å². The number of rotatable bonds is 0. The number of cyclic esters (lactones) is 4. The van der Waals surface area contributed by atoms with Crippen molar-refractivity contribution in [3.05, 3.63) is 24.3 Å². The summed E-state index contributed by atoms with van der Waals surface area (Å²) in [5, 5.41) is 0. The highest BCUT2D eigenvalue weighted by Gasteiger charge is 3.05. The van der Waals surface area contributed by atoms with E-state index in [0.717, 1.165) is 0 Å². The summed E-state index contributed by atoms with van der Waals surface area (Å²) in [5.41, 5.74) is -14.6. The van der Waals surface area contributed by atoms with E-state index in [-0.39, 0.29) is 12.8 Å². The smallest absolute Gasteiger partial charge is 0.392 e. The predicted molar refractivity (Wildman–Crippen MR) is 123 cm³/mol. The Kier molecular flexibility index (Phi) is 3.46. The van der Waals surface area contributed by atoms with E-state index in [9.17, 15) is 19.2 Å². The van der Waals surface area contributed by atoms with Crippen LogP contribution in [0.2, 0.25) is 0 Å². The van der Waals surface area contributed by atoms with Gasteiger partial charge < -0.3 is 23.7 Å². The van der Waals surface area contributed by atoms with Crippen molar-refractivity contribution in [2.75, 3.05) is 0 Å². The van der Waals surface area contributed by atoms with Crippen LogP contribution < -0.4 is 0 Å². The lowest BCUT2D eigenvalue weighted by Crippen LogP contribution is -2.73. The molecule has 4 aliphatic carbocycles. The third-order valence-corrected chi connectivity index (χ3v) is 15.5. The first-order chi connectivity index (χ1) is 21.2. The van der Waals surface area contributed by atoms with Crippen LogP contribution in [0.1, 0.15) is 12.8 Å². The van der Waals surface area contributed by atoms with Crippen molar-refractivity contribution in [1.29, 1.82) is 0 Å². The number of carbonyl (C=O) groups is 4. The van der Waals surface area contributed by atoms with Crippen LogP contribution in [0.4, 0.5) is 26.3 Å². The molecule has 0 aromatic carbocycles. The summed E-state index contributed by atoms with van der Waals surface area (Å²) in [4.78, 5) is 54.7. The predicted octanol–water partition coefficient (Wildman–Crippen LogP) is 2.18. The summed E-state index contributed by atoms with van der Waals surface area (Å²) in [6, 6.07) is 0. The van der Waals surface area contributed by atoms with Gasteiger partial charge in [-0.3, -0.25) is 19.2 Å². The van der Waals surface area contributed by atoms with Gasteiger partial charge in [0, 0.05) is 23.7 Å². The molecule has 12 rings (SSSR count). The summed E-state index contributed by atoms with van der Waals surface area (Å²) < 4.78 is 124. The minimum absolute atomic E-state index is 0.241. The molecule has 0 aromatic rings. The Balaban J connectivity index is 1.17. The van der Waals surface area contributed by atoms with E-state index in [1.807, 2.05) is 0 Å². The van der Waals surface area contributed by atoms with Crippen LogP contribution in [0.15, 0.2) is 24.3 Å². The lowest BCUT2D eigenvalue weighted by molar-refractivity contribution is -0.331. The zero-order valence-electron chi connectivity index (χ0n) is 22.6. The summed E-state index contributed by atoms with van der Waals surface area (Å²) >= 11 is 0. The Morgan fingerprint density at radius 3 is 1.02 bits per heavy atom. The highest BCUT2D eigenvalue weighted by molar-refractivity contribution is 6.07. The number of alkyl halides is 6. The molecule has 8 heterocycles. The van der Waals surface area contributed by atoms with Crippen LogP contribution in [0.5, 0.6) is 0 Å². The van der Waals surface area contributed by atoms with Crippen molar-refractivity contribution in [3.8, 4) is 0 Å². The van der Waals surface area contributed by atoms with E-state index in [0.29, 0.717) is 0 Å². The summed E-state index contributed by atoms with van der Waals surface area (Å²) in [7, 11) is 0. The Bertz CT molecular complexity index is 1530. The van der Waals surface area contributed by atoms with Gasteiger partial charge in [0.1, 0.15) is 21.7 Å². The highest BCUT2D eigenvalue weighted by atomic mass is 19.4. The van der Waals surface area contributed by atoms with E-state index in [1.54, 1.807) is 0 Å². The maximum Gasteiger partial charge on any atom is 0.418 e. The first-order valence-corrected chi connectivity index (χ1v) is 15.2. The van der Waals surface area contributed by atoms with E-state index in [1.165, 1.54) is 24.3 Å². The van der Waals surface area contributed by atoms with Crippen molar-refractivity contribution in [3.63, 3.8) is 0 Å². The van der Waals surface area contributed by atoms with Gasteiger partial charge in [-0.1, -0.05) is 24.3 Å². The second-order valence-electron chi connectivity index (χ2n) is 15.2. The fourth-order valence-electron chi connectivity index (χ4n) is 15.3. The Labute approximate surface area is 247 Å². The van der Waals surface area contributed by atoms with Crippen molar-refractivity contribution >= 4 is 23.9 Å². The van der Waals surface area contributed by atoms with Gasteiger partial charge in [-0.15, -0.1) is 0 Å². The van der Waals surface area contributed by atoms with Crippen molar-refractivity contribution in [1.82, 2.24) is 0 Å². The molecule has 10 bridgehead atoms. The van der Waals surface area contributed by atoms with Gasteiger partial charge in [0.25, 0.3) is 0 Å². The van der Waals surface area contributed by atoms with E-state index >= 15 is 26.3 Å². The molecule has 0 radical (unpaired) electrons. The van der Waals surface area contributed by atoms with Crippen molar-refractivity contribution < 1.29 is 69.2 Å². The summed E-state index contributed by atoms with van der Waals surface area (Å²) in [6.45, 7) is 0. The average molecular weight is 638 g/mol. The number of hydrogen-bond donors (Lipinski definition) is 0. The number of hydrogen-bond acceptors (Lipinski definition) is 9. The first kappa shape index (κ1) is 25.3. The first-order valence-electron chi connectivity index (χ1n) is 15.2. The third kappa shape index (κ3) is 1.70. The lowest BCUT2D eigenvalue weighted by Gasteiger charge is -2.59. The Hall–Kier alpha value is -2.78. The van der Waals surface area contributed by atoms with Crippen LogP contribution in [-0.2, 0) is 42.9 Å². The van der Waals surface area contributed by atoms with Crippen LogP contribution in [0.25, 0.3) is 0 Å². The molecule has 18 atom stereocenters. The number of carbonyl (C=O) groups excluding carboxylic acids is 4. The van der Waals surface area contributed by atoms with Crippen LogP contribution >= 0.6 is 0 Å². The molecule has 0 amide bonds. The Morgan fingerprint density at radius 2 is 0.778 bits per heavy atom. The molecule has 0 N–H and O–H groups in total. The average Bonchev–Trinajstić information content (AvgIpc) is 3.81. The molecule has 236 valence electrons. The minimum atomic E-state index is -5.39. The quantitative estimate of drug-likeness (QED) is 0.171. The molecule has 6 saturated heterocycles. The largest absolute Gasteiger partial charge is 0.418 e. The monoisotopic (exact) mass is 638 g/mol. The standard InChI is InChI=1S/C30H20F6O9/c31-29(32,33)27-15-7-5-8(24-12-2-1-11(41-12)23(7,24)19(37)43-20(24)38)16(15)28(45-27,30(34,35)36)18-10-6-9(17(18)27)25-13-3-4-14(42-13)26(10,25)22(40)44-21(25)39/h1-4,7-18H,5-6H2/t7-,8-,9+,10+,11+,12?,13-,14?,15?,16?,17?,18?,23?,24?,25?,26?,27?,28?. The fraction of sp³-hybridized carbons (Fsp3) is 0.733. The lowest BCUT2D eigenvalue weighted by atomic mass is 9.37. The van der Waals surface area contributed by atoms with Crippen LogP contribution in [0.3, 0.4) is 0 Å². The summed E-state index contributed by atoms with van der Waals surface area (Å²) in [5.74, 6) is -17.4. The van der Waals surface area contributed by atoms with E-state index in [2.05, 4.69) is 0 Å². The molecular weight excluding hydrogens is 618 g/mol. The number of ether oxygens (including phenoxy) is 5. The van der Waals surface area contributed by atoms with Gasteiger partial charge in [0.05, 0.1) is 24.4 Å². The molecule has 12 unspecified atom stereocenters. The molecule has 10 fully saturated rings. The SMILES string of the molecule is O=C1OC(=O)C23[C@@H]4C=CC(O4)C12[C@@H]1C[C@@H]3C2C1C1(C(F)(F)F)OC2(C(F)(F)F)C2C1[C@@H]1C[C@@H]2C23C(=O)OC(=O)C12C1C=C[C@H]3O1. The topological polar surface area (TPSA) is 114 Å². The van der Waals surface area contributed by atoms with Gasteiger partial charge in [0.15, 0.2) is 11.2 Å². The maximum absolute atomic E-state index is 16.1. The number of esters is 4. The van der Waals surface area contributed by atoms with Gasteiger partial charge in [0.2, 0.25) is 0 Å². The molecule has 45 heavy (non-hydrogen) atoms. The van der Waals surface area contributed by atoms with Crippen molar-refractivity contribution in [2.45, 2.75) is 60.8 Å². The molecule has 0 aromatic heterocycles. The number of fused-ring (bicyclic) bond motifs is 20. The normalized spacial score (nSPS) is 65.1. The van der Waals surface area contributed by atoms with Gasteiger partial charge >= 0.3 is 36.2 Å². The molecule has 4 saturated carbocycles. The van der Waals surface area contributed by atoms with Gasteiger partial charge in [-0.2, -0.15) is 26.3 Å².